The number of nitrogens with zero attached hydrogens (tertiary/aromatic N) is 3. The molecule has 5 heteroatoms. The van der Waals surface area contributed by atoms with Gasteiger partial charge in [-0.25, -0.2) is 15.0 Å². The van der Waals surface area contributed by atoms with Crippen LogP contribution in [0.25, 0.3) is 22.4 Å². The average Bonchev–Trinajstić information content (AvgIpc) is 2.68. The van der Waals surface area contributed by atoms with Crippen LogP contribution >= 0.6 is 0 Å². The molecule has 0 aliphatic heterocycles. The molecule has 0 saturated carbocycles. The van der Waals surface area contributed by atoms with Gasteiger partial charge in [0.15, 0.2) is 5.65 Å². The summed E-state index contributed by atoms with van der Waals surface area (Å²) in [6.45, 7) is 1.91. The van der Waals surface area contributed by atoms with Gasteiger partial charge in [0, 0.05) is 11.8 Å². The van der Waals surface area contributed by atoms with E-state index < -0.39 is 0 Å². The van der Waals surface area contributed by atoms with Crippen LogP contribution in [0, 0.1) is 6.92 Å². The Hall–Kier alpha value is -2.43. The molecule has 0 aliphatic rings. The maximum Gasteiger partial charge on any atom is 0.158 e. The van der Waals surface area contributed by atoms with Gasteiger partial charge < -0.3 is 10.7 Å². The van der Waals surface area contributed by atoms with E-state index in [1.165, 1.54) is 0 Å². The van der Waals surface area contributed by atoms with E-state index in [1.54, 1.807) is 12.3 Å². The number of aryl methyl sites for hydroxylation is 1. The zero-order valence-corrected chi connectivity index (χ0v) is 9.31. The zero-order chi connectivity index (χ0) is 11.8. The van der Waals surface area contributed by atoms with Crippen molar-refractivity contribution in [3.05, 3.63) is 36.3 Å². The molecule has 0 fully saturated rings. The molecule has 0 unspecified atom stereocenters. The summed E-state index contributed by atoms with van der Waals surface area (Å²) in [4.78, 5) is 15.9. The van der Waals surface area contributed by atoms with Crippen molar-refractivity contribution in [3.63, 3.8) is 0 Å². The summed E-state index contributed by atoms with van der Waals surface area (Å²) >= 11 is 0. The van der Waals surface area contributed by atoms with Gasteiger partial charge in [-0.15, -0.1) is 0 Å². The number of nitrogen functional groups attached to an aromatic ring is 1. The molecule has 0 amide bonds. The number of rotatable bonds is 1. The van der Waals surface area contributed by atoms with Gasteiger partial charge in [-0.3, -0.25) is 0 Å². The number of hydrogen-bond donors (Lipinski definition) is 2. The van der Waals surface area contributed by atoms with Gasteiger partial charge >= 0.3 is 0 Å². The molecule has 3 N–H and O–H groups in total. The smallest absolute Gasteiger partial charge is 0.158 e. The molecule has 0 bridgehead atoms. The molecular formula is C12H11N5. The number of aromatic amines is 1. The fraction of sp³-hybridized carbons (Fsp3) is 0.0833. The lowest BCUT2D eigenvalue weighted by Crippen LogP contribution is -1.91. The molecule has 5 nitrogen and oxygen atoms in total. The molecule has 0 atom stereocenters. The van der Waals surface area contributed by atoms with Gasteiger partial charge in [0.25, 0.3) is 0 Å². The fourth-order valence-corrected chi connectivity index (χ4v) is 1.78. The van der Waals surface area contributed by atoms with Crippen LogP contribution in [0.15, 0.2) is 30.5 Å². The van der Waals surface area contributed by atoms with Crippen molar-refractivity contribution in [2.75, 3.05) is 5.73 Å². The second-order valence-corrected chi connectivity index (χ2v) is 3.86. The minimum atomic E-state index is 0.491. The highest BCUT2D eigenvalue weighted by molar-refractivity contribution is 5.75. The number of H-pyrrole nitrogens is 1. The predicted octanol–water partition coefficient (Wildman–Crippen LogP) is 1.91. The summed E-state index contributed by atoms with van der Waals surface area (Å²) in [6, 6.07) is 7.56. The molecule has 0 saturated heterocycles. The van der Waals surface area contributed by atoms with Crippen molar-refractivity contribution in [1.82, 2.24) is 19.9 Å². The van der Waals surface area contributed by atoms with Crippen LogP contribution in [0.3, 0.4) is 0 Å². The second-order valence-electron chi connectivity index (χ2n) is 3.86. The number of hydrogen-bond acceptors (Lipinski definition) is 4. The third-order valence-corrected chi connectivity index (χ3v) is 2.54. The molecule has 0 radical (unpaired) electrons. The number of aromatic nitrogens is 4. The normalized spacial score (nSPS) is 10.9. The molecule has 0 aliphatic carbocycles. The van der Waals surface area contributed by atoms with E-state index in [0.717, 1.165) is 28.2 Å². The van der Waals surface area contributed by atoms with Crippen molar-refractivity contribution in [2.24, 2.45) is 0 Å². The maximum absolute atomic E-state index is 5.65. The van der Waals surface area contributed by atoms with Crippen molar-refractivity contribution < 1.29 is 0 Å². The van der Waals surface area contributed by atoms with Crippen LogP contribution in [-0.2, 0) is 0 Å². The minimum Gasteiger partial charge on any atom is -0.384 e. The quantitative estimate of drug-likeness (QED) is 0.663. The van der Waals surface area contributed by atoms with E-state index in [-0.39, 0.29) is 0 Å². The lowest BCUT2D eigenvalue weighted by molar-refractivity contribution is 1.16. The Morgan fingerprint density at radius 3 is 2.88 bits per heavy atom. The highest BCUT2D eigenvalue weighted by atomic mass is 15.0. The molecule has 3 aromatic rings. The SMILES string of the molecule is Cc1nc2ccc(-c3ccnc(N)c3)nc2[nH]1. The van der Waals surface area contributed by atoms with Crippen molar-refractivity contribution >= 4 is 17.0 Å². The number of fused-ring (bicyclic) bond motifs is 1. The lowest BCUT2D eigenvalue weighted by Gasteiger charge is -2.00. The Morgan fingerprint density at radius 2 is 2.06 bits per heavy atom. The third kappa shape index (κ3) is 1.71. The Bertz CT molecular complexity index is 686. The summed E-state index contributed by atoms with van der Waals surface area (Å²) in [5, 5.41) is 0. The largest absolute Gasteiger partial charge is 0.384 e. The van der Waals surface area contributed by atoms with Crippen LogP contribution in [0.1, 0.15) is 5.82 Å². The monoisotopic (exact) mass is 225 g/mol. The molecular weight excluding hydrogens is 214 g/mol. The van der Waals surface area contributed by atoms with E-state index in [2.05, 4.69) is 19.9 Å². The number of pyridine rings is 2. The lowest BCUT2D eigenvalue weighted by atomic mass is 10.2. The van der Waals surface area contributed by atoms with E-state index in [0.29, 0.717) is 5.82 Å². The van der Waals surface area contributed by atoms with Crippen LogP contribution < -0.4 is 5.73 Å². The summed E-state index contributed by atoms with van der Waals surface area (Å²) in [7, 11) is 0. The summed E-state index contributed by atoms with van der Waals surface area (Å²) in [5.41, 5.74) is 9.12. The number of imidazole rings is 1. The first-order valence-corrected chi connectivity index (χ1v) is 5.27. The zero-order valence-electron chi connectivity index (χ0n) is 9.31. The first kappa shape index (κ1) is 9.77. The van der Waals surface area contributed by atoms with Gasteiger partial charge in [-0.05, 0) is 31.2 Å². The van der Waals surface area contributed by atoms with Crippen LogP contribution in [0.2, 0.25) is 0 Å². The van der Waals surface area contributed by atoms with Gasteiger partial charge in [-0.1, -0.05) is 0 Å². The van der Waals surface area contributed by atoms with Crippen molar-refractivity contribution in [3.8, 4) is 11.3 Å². The van der Waals surface area contributed by atoms with Crippen molar-refractivity contribution in [2.45, 2.75) is 6.92 Å². The molecule has 3 rings (SSSR count). The molecule has 3 aromatic heterocycles. The van der Waals surface area contributed by atoms with E-state index in [1.807, 2.05) is 25.1 Å². The summed E-state index contributed by atoms with van der Waals surface area (Å²) < 4.78 is 0. The maximum atomic E-state index is 5.65. The minimum absolute atomic E-state index is 0.491. The van der Waals surface area contributed by atoms with Crippen LogP contribution in [0.4, 0.5) is 5.82 Å². The molecule has 0 aromatic carbocycles. The Kier molecular flexibility index (Phi) is 2.04. The fourth-order valence-electron chi connectivity index (χ4n) is 1.78. The van der Waals surface area contributed by atoms with Gasteiger partial charge in [0.1, 0.15) is 17.2 Å². The van der Waals surface area contributed by atoms with Gasteiger partial charge in [-0.2, -0.15) is 0 Å². The Balaban J connectivity index is 2.17. The molecule has 84 valence electrons. The highest BCUT2D eigenvalue weighted by Gasteiger charge is 2.04. The van der Waals surface area contributed by atoms with Crippen LogP contribution in [-0.4, -0.2) is 19.9 Å². The number of anilines is 1. The topological polar surface area (TPSA) is 80.5 Å². The van der Waals surface area contributed by atoms with Gasteiger partial charge in [0.05, 0.1) is 5.69 Å². The Morgan fingerprint density at radius 1 is 1.18 bits per heavy atom. The summed E-state index contributed by atoms with van der Waals surface area (Å²) in [5.74, 6) is 1.35. The van der Waals surface area contributed by atoms with E-state index >= 15 is 0 Å². The number of nitrogens with one attached hydrogen (secondary N) is 1. The van der Waals surface area contributed by atoms with Crippen LogP contribution in [0.5, 0.6) is 0 Å². The van der Waals surface area contributed by atoms with E-state index in [4.69, 9.17) is 5.73 Å². The molecule has 17 heavy (non-hydrogen) atoms. The second kappa shape index (κ2) is 3.55. The van der Waals surface area contributed by atoms with Crippen molar-refractivity contribution in [1.29, 1.82) is 0 Å². The van der Waals surface area contributed by atoms with E-state index in [9.17, 15) is 0 Å². The first-order chi connectivity index (χ1) is 8.22. The Labute approximate surface area is 97.7 Å². The molecule has 0 spiro atoms. The first-order valence-electron chi connectivity index (χ1n) is 5.27. The average molecular weight is 225 g/mol. The standard InChI is InChI=1S/C12H11N5/c1-7-15-10-3-2-9(17-12(10)16-7)8-4-5-14-11(13)6-8/h2-6H,1H3,(H2,13,14)(H,15,16,17). The summed E-state index contributed by atoms with van der Waals surface area (Å²) in [6.07, 6.45) is 1.68. The highest BCUT2D eigenvalue weighted by Crippen LogP contribution is 2.20. The molecule has 3 heterocycles. The van der Waals surface area contributed by atoms with Gasteiger partial charge in [0.2, 0.25) is 0 Å². The third-order valence-electron chi connectivity index (χ3n) is 2.54. The predicted molar refractivity (Wildman–Crippen MR) is 66.3 cm³/mol. The number of nitrogens with two attached hydrogens (primary N) is 1.